The van der Waals surface area contributed by atoms with Crippen molar-refractivity contribution >= 4 is 22.8 Å². The number of fused-ring (bicyclic) bond motifs is 1. The maximum absolute atomic E-state index is 12.5. The third-order valence-corrected chi connectivity index (χ3v) is 7.48. The summed E-state index contributed by atoms with van der Waals surface area (Å²) in [5.74, 6) is 0.139. The molecule has 0 unspecified atom stereocenters. The number of rotatable bonds is 6. The molecular formula is C27H31N3O4. The number of aryl methyl sites for hydroxylation is 1. The van der Waals surface area contributed by atoms with Gasteiger partial charge in [0, 0.05) is 60.8 Å². The minimum absolute atomic E-state index is 0.112. The Kier molecular flexibility index (Phi) is 6.04. The molecule has 2 aromatic carbocycles. The topological polar surface area (TPSA) is 85.9 Å². The van der Waals surface area contributed by atoms with Gasteiger partial charge in [-0.25, -0.2) is 4.79 Å². The number of piperidine rings is 1. The van der Waals surface area contributed by atoms with Crippen molar-refractivity contribution in [1.29, 1.82) is 0 Å². The average Bonchev–Trinajstić information content (AvgIpc) is 3.50. The Morgan fingerprint density at radius 2 is 2.06 bits per heavy atom. The summed E-state index contributed by atoms with van der Waals surface area (Å²) in [6.07, 6.45) is 5.07. The van der Waals surface area contributed by atoms with Gasteiger partial charge in [-0.15, -0.1) is 0 Å². The number of likely N-dealkylation sites (tertiary alicyclic amines) is 2. The summed E-state index contributed by atoms with van der Waals surface area (Å²) in [5.41, 5.74) is 4.45. The molecule has 0 saturated carbocycles. The zero-order valence-electron chi connectivity index (χ0n) is 19.7. The Morgan fingerprint density at radius 3 is 2.79 bits per heavy atom. The number of ether oxygens (including phenoxy) is 1. The summed E-state index contributed by atoms with van der Waals surface area (Å²) in [7, 11) is 1.69. The zero-order chi connectivity index (χ0) is 23.8. The number of methoxy groups -OCH3 is 1. The monoisotopic (exact) mass is 461 g/mol. The molecule has 3 heterocycles. The summed E-state index contributed by atoms with van der Waals surface area (Å²) >= 11 is 0. The van der Waals surface area contributed by atoms with E-state index in [9.17, 15) is 14.7 Å². The van der Waals surface area contributed by atoms with E-state index in [0.29, 0.717) is 18.5 Å². The number of carboxylic acids is 1. The molecule has 34 heavy (non-hydrogen) atoms. The molecular weight excluding hydrogens is 430 g/mol. The highest BCUT2D eigenvalue weighted by Crippen LogP contribution is 2.39. The molecule has 1 amide bonds. The first-order chi connectivity index (χ1) is 16.5. The van der Waals surface area contributed by atoms with Crippen molar-refractivity contribution < 1.29 is 19.4 Å². The highest BCUT2D eigenvalue weighted by molar-refractivity contribution is 5.90. The van der Waals surface area contributed by atoms with E-state index in [0.717, 1.165) is 65.7 Å². The fourth-order valence-corrected chi connectivity index (χ4v) is 5.81. The second kappa shape index (κ2) is 9.14. The van der Waals surface area contributed by atoms with Crippen LogP contribution in [0.2, 0.25) is 0 Å². The Hall–Kier alpha value is -3.32. The third-order valence-electron chi connectivity index (χ3n) is 7.48. The quantitative estimate of drug-likeness (QED) is 0.564. The van der Waals surface area contributed by atoms with Gasteiger partial charge in [0.05, 0.1) is 12.7 Å². The number of carbonyl (C=O) groups is 2. The summed E-state index contributed by atoms with van der Waals surface area (Å²) in [6, 6.07) is 11.4. The minimum atomic E-state index is -0.920. The number of carboxylic acid groups (broad SMARTS) is 1. The van der Waals surface area contributed by atoms with Crippen LogP contribution in [0, 0.1) is 6.92 Å². The number of H-pyrrole nitrogens is 1. The van der Waals surface area contributed by atoms with E-state index >= 15 is 0 Å². The molecule has 0 spiro atoms. The van der Waals surface area contributed by atoms with Gasteiger partial charge in [-0.2, -0.15) is 0 Å². The van der Waals surface area contributed by atoms with E-state index in [1.165, 1.54) is 0 Å². The largest absolute Gasteiger partial charge is 0.496 e. The van der Waals surface area contributed by atoms with Crippen molar-refractivity contribution in [2.24, 2.45) is 0 Å². The number of aromatic carboxylic acids is 1. The predicted molar refractivity (Wildman–Crippen MR) is 130 cm³/mol. The molecule has 2 fully saturated rings. The number of carbonyl (C=O) groups excluding carboxylic acids is 1. The molecule has 2 atom stereocenters. The fourth-order valence-electron chi connectivity index (χ4n) is 5.81. The van der Waals surface area contributed by atoms with Crippen molar-refractivity contribution in [3.05, 3.63) is 64.8 Å². The molecule has 5 rings (SSSR count). The second-order valence-corrected chi connectivity index (χ2v) is 9.39. The van der Waals surface area contributed by atoms with Crippen LogP contribution in [0.25, 0.3) is 10.9 Å². The van der Waals surface area contributed by atoms with Crippen LogP contribution in [0.15, 0.2) is 42.6 Å². The highest BCUT2D eigenvalue weighted by Gasteiger charge is 2.37. The van der Waals surface area contributed by atoms with Crippen molar-refractivity contribution in [3.8, 4) is 5.75 Å². The normalized spacial score (nSPS) is 21.4. The van der Waals surface area contributed by atoms with Crippen LogP contribution in [-0.4, -0.2) is 58.0 Å². The molecule has 0 radical (unpaired) electrons. The Balaban J connectivity index is 1.54. The summed E-state index contributed by atoms with van der Waals surface area (Å²) in [6.45, 7) is 4.27. The number of hydrogen-bond acceptors (Lipinski definition) is 4. The highest BCUT2D eigenvalue weighted by atomic mass is 16.5. The lowest BCUT2D eigenvalue weighted by Crippen LogP contribution is -2.46. The smallest absolute Gasteiger partial charge is 0.336 e. The standard InChI is InChI=1S/C27H31N3O4/c1-17-14-24(34-2)22(20-9-11-28-26(17)20)16-29-13-10-18(30-12-5-8-25(30)31)15-23(29)19-6-3-4-7-21(19)27(32)33/h3-4,6-7,9,11,14,18,23,28H,5,8,10,12-13,15-16H2,1-2H3,(H,32,33)/t18-,23+/m0/s1. The lowest BCUT2D eigenvalue weighted by molar-refractivity contribution is -0.131. The van der Waals surface area contributed by atoms with Crippen molar-refractivity contribution in [3.63, 3.8) is 0 Å². The molecule has 1 aromatic heterocycles. The Bertz CT molecular complexity index is 1230. The molecule has 7 heteroatoms. The predicted octanol–water partition coefficient (Wildman–Crippen LogP) is 4.51. The van der Waals surface area contributed by atoms with Gasteiger partial charge in [0.15, 0.2) is 0 Å². The first-order valence-electron chi connectivity index (χ1n) is 12.0. The molecule has 7 nitrogen and oxygen atoms in total. The fraction of sp³-hybridized carbons (Fsp3) is 0.407. The minimum Gasteiger partial charge on any atom is -0.496 e. The molecule has 178 valence electrons. The number of hydrogen-bond donors (Lipinski definition) is 2. The van der Waals surface area contributed by atoms with Crippen molar-refractivity contribution in [1.82, 2.24) is 14.8 Å². The maximum atomic E-state index is 12.5. The van der Waals surface area contributed by atoms with E-state index in [1.54, 1.807) is 19.2 Å². The SMILES string of the molecule is COc1cc(C)c2[nH]ccc2c1CN1CC[C@H](N2CCCC2=O)C[C@@H]1c1ccccc1C(=O)O. The van der Waals surface area contributed by atoms with E-state index in [-0.39, 0.29) is 18.0 Å². The number of nitrogens with zero attached hydrogens (tertiary/aromatic N) is 2. The first kappa shape index (κ1) is 22.5. The van der Waals surface area contributed by atoms with Gasteiger partial charge in [-0.05, 0) is 55.5 Å². The number of aromatic amines is 1. The van der Waals surface area contributed by atoms with Crippen LogP contribution < -0.4 is 4.74 Å². The molecule has 0 aliphatic carbocycles. The van der Waals surface area contributed by atoms with Crippen LogP contribution in [0.1, 0.15) is 58.8 Å². The number of amides is 1. The van der Waals surface area contributed by atoms with Gasteiger partial charge in [-0.3, -0.25) is 9.69 Å². The molecule has 2 N–H and O–H groups in total. The summed E-state index contributed by atoms with van der Waals surface area (Å²) in [5, 5.41) is 11.0. The molecule has 2 aliphatic rings. The van der Waals surface area contributed by atoms with Crippen molar-refractivity contribution in [2.45, 2.75) is 51.2 Å². The van der Waals surface area contributed by atoms with Gasteiger partial charge in [0.2, 0.25) is 5.91 Å². The molecule has 0 bridgehead atoms. The van der Waals surface area contributed by atoms with Gasteiger partial charge in [-0.1, -0.05) is 18.2 Å². The molecule has 3 aromatic rings. The van der Waals surface area contributed by atoms with E-state index in [4.69, 9.17) is 4.74 Å². The molecule has 2 saturated heterocycles. The summed E-state index contributed by atoms with van der Waals surface area (Å²) in [4.78, 5) is 32.3. The average molecular weight is 462 g/mol. The lowest BCUT2D eigenvalue weighted by Gasteiger charge is -2.43. The third kappa shape index (κ3) is 3.94. The van der Waals surface area contributed by atoms with Gasteiger partial charge in [0.1, 0.15) is 5.75 Å². The molecule has 2 aliphatic heterocycles. The lowest BCUT2D eigenvalue weighted by atomic mass is 9.87. The van der Waals surface area contributed by atoms with Crippen LogP contribution in [0.5, 0.6) is 5.75 Å². The Morgan fingerprint density at radius 1 is 1.24 bits per heavy atom. The van der Waals surface area contributed by atoms with Crippen LogP contribution in [0.3, 0.4) is 0 Å². The van der Waals surface area contributed by atoms with E-state index in [2.05, 4.69) is 28.9 Å². The van der Waals surface area contributed by atoms with E-state index < -0.39 is 5.97 Å². The van der Waals surface area contributed by atoms with Gasteiger partial charge < -0.3 is 19.7 Å². The van der Waals surface area contributed by atoms with E-state index in [1.807, 2.05) is 23.2 Å². The van der Waals surface area contributed by atoms with Crippen molar-refractivity contribution in [2.75, 3.05) is 20.2 Å². The van der Waals surface area contributed by atoms with Crippen LogP contribution >= 0.6 is 0 Å². The number of benzene rings is 2. The van der Waals surface area contributed by atoms with Gasteiger partial charge in [0.25, 0.3) is 0 Å². The summed E-state index contributed by atoms with van der Waals surface area (Å²) < 4.78 is 5.78. The van der Waals surface area contributed by atoms with Crippen LogP contribution in [0.4, 0.5) is 0 Å². The van der Waals surface area contributed by atoms with Crippen LogP contribution in [-0.2, 0) is 11.3 Å². The maximum Gasteiger partial charge on any atom is 0.336 e. The number of nitrogens with one attached hydrogen (secondary N) is 1. The number of aromatic nitrogens is 1. The second-order valence-electron chi connectivity index (χ2n) is 9.39. The first-order valence-corrected chi connectivity index (χ1v) is 12.0. The Labute approximate surface area is 199 Å². The van der Waals surface area contributed by atoms with Gasteiger partial charge >= 0.3 is 5.97 Å². The zero-order valence-corrected chi connectivity index (χ0v) is 19.7.